The van der Waals surface area contributed by atoms with Crippen LogP contribution in [0.1, 0.15) is 31.9 Å². The molecule has 0 saturated heterocycles. The van der Waals surface area contributed by atoms with Crippen molar-refractivity contribution in [2.24, 2.45) is 0 Å². The van der Waals surface area contributed by atoms with E-state index in [1.165, 1.54) is 12.1 Å². The van der Waals surface area contributed by atoms with Crippen LogP contribution in [-0.2, 0) is 22.6 Å². The van der Waals surface area contributed by atoms with Gasteiger partial charge in [0, 0.05) is 12.0 Å². The van der Waals surface area contributed by atoms with E-state index in [2.05, 4.69) is 21.2 Å². The van der Waals surface area contributed by atoms with Gasteiger partial charge in [-0.1, -0.05) is 12.1 Å². The number of carboxylic acids is 1. The van der Waals surface area contributed by atoms with Crippen LogP contribution >= 0.6 is 15.9 Å². The first-order valence-corrected chi connectivity index (χ1v) is 10.2. The lowest BCUT2D eigenvalue weighted by Crippen LogP contribution is -2.44. The number of benzene rings is 2. The van der Waals surface area contributed by atoms with Gasteiger partial charge in [-0.25, -0.2) is 14.0 Å². The molecule has 0 saturated carbocycles. The Balaban J connectivity index is 2.22. The van der Waals surface area contributed by atoms with Gasteiger partial charge in [0.05, 0.1) is 11.6 Å². The number of nitrogens with one attached hydrogen (secondary N) is 1. The Morgan fingerprint density at radius 1 is 1.16 bits per heavy atom. The first-order chi connectivity index (χ1) is 14.5. The maximum Gasteiger partial charge on any atom is 0.408 e. The number of carbonyl (C=O) groups excluding carboxylic acids is 1. The van der Waals surface area contributed by atoms with E-state index in [0.29, 0.717) is 10.2 Å². The second-order valence-corrected chi connectivity index (χ2v) is 8.57. The Morgan fingerprint density at radius 3 is 2.35 bits per heavy atom. The lowest BCUT2D eigenvalue weighted by molar-refractivity contribution is -0.139. The molecule has 2 aromatic rings. The highest BCUT2D eigenvalue weighted by Gasteiger charge is 2.27. The van der Waals surface area contributed by atoms with Crippen LogP contribution in [0.3, 0.4) is 0 Å². The molecular weight excluding hydrogens is 473 g/mol. The molecule has 31 heavy (non-hydrogen) atoms. The Kier molecular flexibility index (Phi) is 8.27. The predicted octanol–water partition coefficient (Wildman–Crippen LogP) is 4.70. The van der Waals surface area contributed by atoms with E-state index in [0.717, 1.165) is 5.56 Å². The van der Waals surface area contributed by atoms with Crippen LogP contribution in [0.4, 0.5) is 9.18 Å². The second kappa shape index (κ2) is 10.5. The van der Waals surface area contributed by atoms with Crippen molar-refractivity contribution in [3.05, 3.63) is 57.8 Å². The fraction of sp³-hybridized carbons (Fsp3) is 0.364. The summed E-state index contributed by atoms with van der Waals surface area (Å²) in [5.74, 6) is -1.13. The minimum Gasteiger partial charge on any atom is -0.497 e. The van der Waals surface area contributed by atoms with Crippen molar-refractivity contribution in [1.82, 2.24) is 5.32 Å². The molecule has 2 N–H and O–H groups in total. The molecule has 0 aliphatic heterocycles. The van der Waals surface area contributed by atoms with Crippen molar-refractivity contribution in [2.45, 2.75) is 45.4 Å². The minimum atomic E-state index is -1.41. The number of methoxy groups -OCH3 is 1. The lowest BCUT2D eigenvalue weighted by atomic mass is 10.0. The molecule has 0 unspecified atom stereocenters. The third-order valence-corrected chi connectivity index (χ3v) is 4.72. The Labute approximate surface area is 188 Å². The number of alkyl carbamates (subject to hydrolysis) is 1. The summed E-state index contributed by atoms with van der Waals surface area (Å²) in [6, 6.07) is 8.40. The van der Waals surface area contributed by atoms with E-state index in [4.69, 9.17) is 14.2 Å². The SMILES string of the molecule is COc1ccc(COc2c(Br)ccc(F)c2C[C@H](NC(=O)OC(C)(C)C)C(=O)O)cc1. The first-order valence-electron chi connectivity index (χ1n) is 9.45. The number of amides is 1. The average molecular weight is 498 g/mol. The van der Waals surface area contributed by atoms with Gasteiger partial charge in [-0.05, 0) is 66.5 Å². The van der Waals surface area contributed by atoms with Crippen LogP contribution in [-0.4, -0.2) is 35.9 Å². The number of carboxylic acid groups (broad SMARTS) is 1. The maximum absolute atomic E-state index is 14.6. The van der Waals surface area contributed by atoms with E-state index in [9.17, 15) is 19.1 Å². The van der Waals surface area contributed by atoms with Crippen LogP contribution in [0.5, 0.6) is 11.5 Å². The van der Waals surface area contributed by atoms with Gasteiger partial charge in [0.1, 0.15) is 35.6 Å². The van der Waals surface area contributed by atoms with Crippen LogP contribution in [0, 0.1) is 5.82 Å². The predicted molar refractivity (Wildman–Crippen MR) is 116 cm³/mol. The van der Waals surface area contributed by atoms with Crippen molar-refractivity contribution < 1.29 is 33.3 Å². The molecule has 2 aromatic carbocycles. The van der Waals surface area contributed by atoms with Crippen molar-refractivity contribution >= 4 is 28.0 Å². The van der Waals surface area contributed by atoms with E-state index in [1.54, 1.807) is 52.1 Å². The van der Waals surface area contributed by atoms with Crippen LogP contribution in [0.25, 0.3) is 0 Å². The summed E-state index contributed by atoms with van der Waals surface area (Å²) < 4.78 is 31.1. The van der Waals surface area contributed by atoms with E-state index in [1.807, 2.05) is 0 Å². The lowest BCUT2D eigenvalue weighted by Gasteiger charge is -2.23. The molecule has 168 valence electrons. The summed E-state index contributed by atoms with van der Waals surface area (Å²) in [5.41, 5.74) is 0.0248. The Hall–Kier alpha value is -2.81. The molecule has 9 heteroatoms. The van der Waals surface area contributed by atoms with E-state index < -0.39 is 29.5 Å². The summed E-state index contributed by atoms with van der Waals surface area (Å²) in [5, 5.41) is 11.8. The molecule has 1 atom stereocenters. The zero-order valence-electron chi connectivity index (χ0n) is 17.7. The van der Waals surface area contributed by atoms with Crippen LogP contribution in [0.2, 0.25) is 0 Å². The highest BCUT2D eigenvalue weighted by atomic mass is 79.9. The van der Waals surface area contributed by atoms with E-state index in [-0.39, 0.29) is 24.3 Å². The molecule has 0 bridgehead atoms. The Bertz CT molecular complexity index is 927. The molecular formula is C22H25BrFNO6. The van der Waals surface area contributed by atoms with Gasteiger partial charge in [0.25, 0.3) is 0 Å². The summed E-state index contributed by atoms with van der Waals surface area (Å²) >= 11 is 3.32. The van der Waals surface area contributed by atoms with Gasteiger partial charge >= 0.3 is 12.1 Å². The number of carbonyl (C=O) groups is 2. The molecule has 0 heterocycles. The summed E-state index contributed by atoms with van der Waals surface area (Å²) in [4.78, 5) is 23.7. The normalized spacial score (nSPS) is 12.1. The standard InChI is InChI=1S/C22H25BrFNO6/c1-22(2,3)31-21(28)25-18(20(26)27)11-15-17(24)10-9-16(23)19(15)30-12-13-5-7-14(29-4)8-6-13/h5-10,18H,11-12H2,1-4H3,(H,25,28)(H,26,27)/t18-/m0/s1. The van der Waals surface area contributed by atoms with Gasteiger partial charge in [-0.15, -0.1) is 0 Å². The number of ether oxygens (including phenoxy) is 3. The van der Waals surface area contributed by atoms with Crippen LogP contribution in [0.15, 0.2) is 40.9 Å². The molecule has 0 aromatic heterocycles. The third kappa shape index (κ3) is 7.43. The fourth-order valence-electron chi connectivity index (χ4n) is 2.65. The molecule has 1 amide bonds. The number of rotatable bonds is 8. The average Bonchev–Trinajstić information content (AvgIpc) is 2.68. The summed E-state index contributed by atoms with van der Waals surface area (Å²) in [6.07, 6.45) is -1.24. The zero-order chi connectivity index (χ0) is 23.2. The second-order valence-electron chi connectivity index (χ2n) is 7.71. The van der Waals surface area contributed by atoms with Crippen molar-refractivity contribution in [2.75, 3.05) is 7.11 Å². The largest absolute Gasteiger partial charge is 0.497 e. The molecule has 0 aliphatic carbocycles. The van der Waals surface area contributed by atoms with Gasteiger partial charge < -0.3 is 24.6 Å². The third-order valence-electron chi connectivity index (χ3n) is 4.09. The summed E-state index contributed by atoms with van der Waals surface area (Å²) in [7, 11) is 1.56. The zero-order valence-corrected chi connectivity index (χ0v) is 19.3. The number of halogens is 2. The molecule has 0 radical (unpaired) electrons. The van der Waals surface area contributed by atoms with Crippen molar-refractivity contribution in [3.8, 4) is 11.5 Å². The highest BCUT2D eigenvalue weighted by molar-refractivity contribution is 9.10. The first kappa shape index (κ1) is 24.5. The topological polar surface area (TPSA) is 94.1 Å². The van der Waals surface area contributed by atoms with Gasteiger partial charge in [-0.3, -0.25) is 0 Å². The quantitative estimate of drug-likeness (QED) is 0.548. The minimum absolute atomic E-state index is 0.0198. The molecule has 2 rings (SSSR count). The monoisotopic (exact) mass is 497 g/mol. The molecule has 0 aliphatic rings. The van der Waals surface area contributed by atoms with Gasteiger partial charge in [0.15, 0.2) is 0 Å². The van der Waals surface area contributed by atoms with Crippen molar-refractivity contribution in [1.29, 1.82) is 0 Å². The van der Waals surface area contributed by atoms with Gasteiger partial charge in [0.2, 0.25) is 0 Å². The summed E-state index contributed by atoms with van der Waals surface area (Å²) in [6.45, 7) is 5.08. The molecule has 0 fully saturated rings. The number of hydrogen-bond acceptors (Lipinski definition) is 5. The smallest absolute Gasteiger partial charge is 0.408 e. The molecule has 7 nitrogen and oxygen atoms in total. The van der Waals surface area contributed by atoms with Gasteiger partial charge in [-0.2, -0.15) is 0 Å². The Morgan fingerprint density at radius 2 is 1.81 bits per heavy atom. The van der Waals surface area contributed by atoms with Crippen molar-refractivity contribution in [3.63, 3.8) is 0 Å². The maximum atomic E-state index is 14.6. The highest BCUT2D eigenvalue weighted by Crippen LogP contribution is 2.33. The fourth-order valence-corrected chi connectivity index (χ4v) is 3.14. The number of hydrogen-bond donors (Lipinski definition) is 2. The molecule has 0 spiro atoms. The van der Waals surface area contributed by atoms with Crippen LogP contribution < -0.4 is 14.8 Å². The van der Waals surface area contributed by atoms with E-state index >= 15 is 0 Å². The number of aliphatic carboxylic acids is 1.